The molecule has 0 rings (SSSR count). The summed E-state index contributed by atoms with van der Waals surface area (Å²) >= 11 is 0. The summed E-state index contributed by atoms with van der Waals surface area (Å²) in [5.74, 6) is 0.571. The van der Waals surface area contributed by atoms with Gasteiger partial charge in [-0.25, -0.2) is 0 Å². The molecule has 0 aliphatic carbocycles. The lowest BCUT2D eigenvalue weighted by Gasteiger charge is -2.30. The number of carbonyl (C=O) groups excluding carboxylic acids is 1. The van der Waals surface area contributed by atoms with Crippen LogP contribution in [0.4, 0.5) is 0 Å². The highest BCUT2D eigenvalue weighted by molar-refractivity contribution is 5.81. The van der Waals surface area contributed by atoms with Crippen LogP contribution in [0.1, 0.15) is 41.0 Å². The van der Waals surface area contributed by atoms with Gasteiger partial charge in [-0.15, -0.1) is 0 Å². The molecule has 0 fully saturated rings. The molecular formula is C11H24N2O. The SMILES string of the molecule is CC[C@@H](N)C(=O)N(CC(C)C)C(C)C. The van der Waals surface area contributed by atoms with E-state index >= 15 is 0 Å². The van der Waals surface area contributed by atoms with Crippen molar-refractivity contribution in [2.24, 2.45) is 11.7 Å². The zero-order valence-electron chi connectivity index (χ0n) is 10.1. The summed E-state index contributed by atoms with van der Waals surface area (Å²) in [5, 5.41) is 0. The second-order valence-electron chi connectivity index (χ2n) is 4.49. The Bertz CT molecular complexity index is 178. The monoisotopic (exact) mass is 200 g/mol. The third-order valence-corrected chi connectivity index (χ3v) is 2.23. The Labute approximate surface area is 87.6 Å². The Hall–Kier alpha value is -0.570. The summed E-state index contributed by atoms with van der Waals surface area (Å²) in [4.78, 5) is 13.7. The van der Waals surface area contributed by atoms with Crippen molar-refractivity contribution < 1.29 is 4.79 Å². The first-order valence-electron chi connectivity index (χ1n) is 5.46. The Balaban J connectivity index is 4.41. The Morgan fingerprint density at radius 2 is 1.79 bits per heavy atom. The smallest absolute Gasteiger partial charge is 0.239 e. The predicted molar refractivity (Wildman–Crippen MR) is 60.0 cm³/mol. The topological polar surface area (TPSA) is 46.3 Å². The van der Waals surface area contributed by atoms with Gasteiger partial charge < -0.3 is 10.6 Å². The highest BCUT2D eigenvalue weighted by Gasteiger charge is 2.22. The maximum Gasteiger partial charge on any atom is 0.239 e. The minimum atomic E-state index is -0.337. The first kappa shape index (κ1) is 13.4. The number of carbonyl (C=O) groups is 1. The third-order valence-electron chi connectivity index (χ3n) is 2.23. The van der Waals surface area contributed by atoms with Crippen LogP contribution in [0.5, 0.6) is 0 Å². The molecule has 0 saturated heterocycles. The summed E-state index contributed by atoms with van der Waals surface area (Å²) in [6.07, 6.45) is 0.708. The van der Waals surface area contributed by atoms with E-state index in [1.54, 1.807) is 0 Å². The average Bonchev–Trinajstić information content (AvgIpc) is 2.11. The summed E-state index contributed by atoms with van der Waals surface area (Å²) < 4.78 is 0. The molecule has 0 aromatic carbocycles. The van der Waals surface area contributed by atoms with E-state index in [0.717, 1.165) is 6.54 Å². The first-order valence-corrected chi connectivity index (χ1v) is 5.46. The molecule has 0 aromatic heterocycles. The molecule has 1 amide bonds. The van der Waals surface area contributed by atoms with Gasteiger partial charge in [-0.2, -0.15) is 0 Å². The van der Waals surface area contributed by atoms with Crippen molar-refractivity contribution in [2.45, 2.75) is 53.1 Å². The van der Waals surface area contributed by atoms with E-state index in [1.165, 1.54) is 0 Å². The molecule has 3 heteroatoms. The van der Waals surface area contributed by atoms with Crippen molar-refractivity contribution in [1.82, 2.24) is 4.90 Å². The van der Waals surface area contributed by atoms with Crippen molar-refractivity contribution in [3.8, 4) is 0 Å². The highest BCUT2D eigenvalue weighted by atomic mass is 16.2. The zero-order valence-corrected chi connectivity index (χ0v) is 10.1. The molecule has 0 aliphatic heterocycles. The van der Waals surface area contributed by atoms with E-state index in [0.29, 0.717) is 12.3 Å². The molecule has 0 aliphatic rings. The van der Waals surface area contributed by atoms with Crippen molar-refractivity contribution >= 4 is 5.91 Å². The van der Waals surface area contributed by atoms with Gasteiger partial charge in [0.1, 0.15) is 0 Å². The van der Waals surface area contributed by atoms with Gasteiger partial charge in [0.25, 0.3) is 0 Å². The molecule has 0 radical (unpaired) electrons. The van der Waals surface area contributed by atoms with Crippen molar-refractivity contribution in [3.05, 3.63) is 0 Å². The Morgan fingerprint density at radius 3 is 2.07 bits per heavy atom. The van der Waals surface area contributed by atoms with E-state index in [9.17, 15) is 4.79 Å². The maximum absolute atomic E-state index is 11.9. The maximum atomic E-state index is 11.9. The minimum Gasteiger partial charge on any atom is -0.339 e. The van der Waals surface area contributed by atoms with E-state index in [-0.39, 0.29) is 18.0 Å². The molecule has 0 saturated carbocycles. The number of hydrogen-bond acceptors (Lipinski definition) is 2. The van der Waals surface area contributed by atoms with Crippen molar-refractivity contribution in [2.75, 3.05) is 6.54 Å². The van der Waals surface area contributed by atoms with Crippen LogP contribution in [0, 0.1) is 5.92 Å². The van der Waals surface area contributed by atoms with Crippen LogP contribution in [-0.2, 0) is 4.79 Å². The second kappa shape index (κ2) is 6.02. The zero-order chi connectivity index (χ0) is 11.3. The van der Waals surface area contributed by atoms with Gasteiger partial charge in [-0.3, -0.25) is 4.79 Å². The molecule has 1 atom stereocenters. The molecule has 0 unspecified atom stereocenters. The van der Waals surface area contributed by atoms with Gasteiger partial charge in [0, 0.05) is 12.6 Å². The van der Waals surface area contributed by atoms with Gasteiger partial charge in [-0.05, 0) is 26.2 Å². The number of amides is 1. The van der Waals surface area contributed by atoms with E-state index < -0.39 is 0 Å². The van der Waals surface area contributed by atoms with E-state index in [4.69, 9.17) is 5.73 Å². The van der Waals surface area contributed by atoms with Gasteiger partial charge >= 0.3 is 0 Å². The van der Waals surface area contributed by atoms with E-state index in [1.807, 2.05) is 25.7 Å². The van der Waals surface area contributed by atoms with Gasteiger partial charge in [0.05, 0.1) is 6.04 Å². The van der Waals surface area contributed by atoms with Crippen LogP contribution in [-0.4, -0.2) is 29.4 Å². The standard InChI is InChI=1S/C11H24N2O/c1-6-10(12)11(14)13(9(4)5)7-8(2)3/h8-10H,6-7,12H2,1-5H3/t10-/m1/s1. The fraction of sp³-hybridized carbons (Fsp3) is 0.909. The van der Waals surface area contributed by atoms with Gasteiger partial charge in [-0.1, -0.05) is 20.8 Å². The van der Waals surface area contributed by atoms with Crippen LogP contribution in [0.25, 0.3) is 0 Å². The molecule has 0 bridgehead atoms. The molecule has 84 valence electrons. The summed E-state index contributed by atoms with van der Waals surface area (Å²) in [6.45, 7) is 11.0. The van der Waals surface area contributed by atoms with Crippen molar-refractivity contribution in [3.63, 3.8) is 0 Å². The Kier molecular flexibility index (Phi) is 5.77. The average molecular weight is 200 g/mol. The quantitative estimate of drug-likeness (QED) is 0.733. The first-order chi connectivity index (χ1) is 6.40. The predicted octanol–water partition coefficient (Wildman–Crippen LogP) is 1.62. The van der Waals surface area contributed by atoms with Crippen LogP contribution < -0.4 is 5.73 Å². The molecule has 2 N–H and O–H groups in total. The minimum absolute atomic E-state index is 0.0798. The lowest BCUT2D eigenvalue weighted by molar-refractivity contribution is -0.134. The fourth-order valence-corrected chi connectivity index (χ4v) is 1.34. The van der Waals surface area contributed by atoms with Crippen LogP contribution >= 0.6 is 0 Å². The lowest BCUT2D eigenvalue weighted by atomic mass is 10.1. The molecular weight excluding hydrogens is 176 g/mol. The second-order valence-corrected chi connectivity index (χ2v) is 4.49. The molecule has 0 spiro atoms. The molecule has 3 nitrogen and oxygen atoms in total. The lowest BCUT2D eigenvalue weighted by Crippen LogP contribution is -2.48. The third kappa shape index (κ3) is 4.09. The van der Waals surface area contributed by atoms with E-state index in [2.05, 4.69) is 13.8 Å². The van der Waals surface area contributed by atoms with Gasteiger partial charge in [0.2, 0.25) is 5.91 Å². The molecule has 14 heavy (non-hydrogen) atoms. The number of hydrogen-bond donors (Lipinski definition) is 1. The van der Waals surface area contributed by atoms with Crippen LogP contribution in [0.15, 0.2) is 0 Å². The summed E-state index contributed by atoms with van der Waals surface area (Å²) in [6, 6.07) is -0.0985. The fourth-order valence-electron chi connectivity index (χ4n) is 1.34. The molecule has 0 aromatic rings. The summed E-state index contributed by atoms with van der Waals surface area (Å²) in [5.41, 5.74) is 5.74. The van der Waals surface area contributed by atoms with Crippen LogP contribution in [0.2, 0.25) is 0 Å². The largest absolute Gasteiger partial charge is 0.339 e. The Morgan fingerprint density at radius 1 is 1.29 bits per heavy atom. The number of nitrogens with zero attached hydrogens (tertiary/aromatic N) is 1. The summed E-state index contributed by atoms with van der Waals surface area (Å²) in [7, 11) is 0. The van der Waals surface area contributed by atoms with Crippen LogP contribution in [0.3, 0.4) is 0 Å². The molecule has 0 heterocycles. The number of rotatable bonds is 5. The van der Waals surface area contributed by atoms with Gasteiger partial charge in [0.15, 0.2) is 0 Å². The normalized spacial score (nSPS) is 13.4. The highest BCUT2D eigenvalue weighted by Crippen LogP contribution is 2.07. The number of nitrogens with two attached hydrogens (primary N) is 1. The van der Waals surface area contributed by atoms with Crippen molar-refractivity contribution in [1.29, 1.82) is 0 Å².